The van der Waals surface area contributed by atoms with E-state index in [0.717, 1.165) is 37.1 Å². The zero-order valence-electron chi connectivity index (χ0n) is 32.2. The Kier molecular flexibility index (Phi) is 10.2. The van der Waals surface area contributed by atoms with Crippen LogP contribution < -0.4 is 26.0 Å². The highest BCUT2D eigenvalue weighted by molar-refractivity contribution is 6.25. The lowest BCUT2D eigenvalue weighted by atomic mass is 9.88. The van der Waals surface area contributed by atoms with Crippen molar-refractivity contribution in [2.75, 3.05) is 35.6 Å². The molecule has 4 aliphatic rings. The van der Waals surface area contributed by atoms with E-state index in [1.165, 1.54) is 6.20 Å². The van der Waals surface area contributed by atoms with Crippen LogP contribution in [0.5, 0.6) is 5.75 Å². The smallest absolute Gasteiger partial charge is 0.264 e. The molecule has 5 amide bonds. The van der Waals surface area contributed by atoms with Crippen molar-refractivity contribution in [1.82, 2.24) is 29.7 Å². The third kappa shape index (κ3) is 7.20. The number of ether oxygens (including phenoxy) is 1. The zero-order valence-corrected chi connectivity index (χ0v) is 32.2. The lowest BCUT2D eigenvalue weighted by Crippen LogP contribution is -2.62. The van der Waals surface area contributed by atoms with Crippen molar-refractivity contribution in [3.05, 3.63) is 77.2 Å². The first-order chi connectivity index (χ1) is 27.5. The maximum Gasteiger partial charge on any atom is 0.264 e. The highest BCUT2D eigenvalue weighted by Gasteiger charge is 2.47. The Hall–Kier alpha value is -6.16. The van der Waals surface area contributed by atoms with Crippen LogP contribution in [0.15, 0.2) is 60.0 Å². The Balaban J connectivity index is 0.894. The molecule has 4 N–H and O–H groups in total. The SMILES string of the molecule is CCN(C1CCC(N=Cc2cc(NC(=O)c3cnn4cccnc34)c(OC(C)C)cc2N)CC1)C1CN(c2cccc3c2C(=O)N(C2CCC(=O)NC2=O)C3=O)C1. The second kappa shape index (κ2) is 15.4. The molecule has 0 radical (unpaired) electrons. The van der Waals surface area contributed by atoms with Crippen LogP contribution >= 0.6 is 0 Å². The van der Waals surface area contributed by atoms with E-state index < -0.39 is 29.7 Å². The molecule has 57 heavy (non-hydrogen) atoms. The highest BCUT2D eigenvalue weighted by Crippen LogP contribution is 2.38. The minimum atomic E-state index is -0.998. The molecule has 0 bridgehead atoms. The average molecular weight is 775 g/mol. The summed E-state index contributed by atoms with van der Waals surface area (Å²) >= 11 is 0. The van der Waals surface area contributed by atoms with Gasteiger partial charge in [0.2, 0.25) is 11.8 Å². The minimum absolute atomic E-state index is 0.0782. The number of carbonyl (C=O) groups is 5. The first-order valence-corrected chi connectivity index (χ1v) is 19.6. The molecule has 296 valence electrons. The van der Waals surface area contributed by atoms with Gasteiger partial charge in [0, 0.05) is 67.5 Å². The molecular formula is C41H46N10O6. The zero-order chi connectivity index (χ0) is 40.0. The van der Waals surface area contributed by atoms with Crippen LogP contribution in [0, 0.1) is 0 Å². The van der Waals surface area contributed by atoms with Gasteiger partial charge in [-0.25, -0.2) is 9.50 Å². The number of nitrogens with zero attached hydrogens (tertiary/aromatic N) is 7. The molecule has 1 atom stereocenters. The summed E-state index contributed by atoms with van der Waals surface area (Å²) in [5.74, 6) is -1.91. The van der Waals surface area contributed by atoms with Crippen LogP contribution in [-0.2, 0) is 9.59 Å². The Morgan fingerprint density at radius 1 is 1.07 bits per heavy atom. The number of likely N-dealkylation sites (N-methyl/N-ethyl adjacent to an activating group) is 1. The summed E-state index contributed by atoms with van der Waals surface area (Å²) in [7, 11) is 0. The number of rotatable bonds is 11. The molecule has 1 unspecified atom stereocenters. The molecule has 0 spiro atoms. The topological polar surface area (TPSA) is 197 Å². The molecule has 2 saturated heterocycles. The normalized spacial score (nSPS) is 21.5. The number of nitrogen functional groups attached to an aromatic ring is 1. The highest BCUT2D eigenvalue weighted by atomic mass is 16.5. The summed E-state index contributed by atoms with van der Waals surface area (Å²) in [5.41, 5.74) is 10.2. The number of aliphatic imine (C=N–C) groups is 1. The van der Waals surface area contributed by atoms with Crippen LogP contribution in [0.4, 0.5) is 17.1 Å². The monoisotopic (exact) mass is 774 g/mol. The van der Waals surface area contributed by atoms with Crippen molar-refractivity contribution >= 4 is 58.5 Å². The van der Waals surface area contributed by atoms with E-state index in [2.05, 4.69) is 37.4 Å². The van der Waals surface area contributed by atoms with Gasteiger partial charge >= 0.3 is 0 Å². The summed E-state index contributed by atoms with van der Waals surface area (Å²) in [6, 6.07) is 10.3. The van der Waals surface area contributed by atoms with E-state index >= 15 is 0 Å². The number of fused-ring (bicyclic) bond motifs is 2. The Bertz CT molecular complexity index is 2290. The van der Waals surface area contributed by atoms with Crippen LogP contribution in [0.2, 0.25) is 0 Å². The Morgan fingerprint density at radius 3 is 2.60 bits per heavy atom. The summed E-state index contributed by atoms with van der Waals surface area (Å²) in [6.45, 7) is 8.29. The fourth-order valence-electron chi connectivity index (χ4n) is 8.51. The Labute approximate surface area is 329 Å². The van der Waals surface area contributed by atoms with E-state index in [-0.39, 0.29) is 36.9 Å². The number of nitrogens with one attached hydrogen (secondary N) is 2. The van der Waals surface area contributed by atoms with E-state index in [0.29, 0.717) is 69.8 Å². The number of piperidine rings is 1. The minimum Gasteiger partial charge on any atom is -0.489 e. The van der Waals surface area contributed by atoms with Crippen molar-refractivity contribution in [2.45, 2.75) is 89.6 Å². The number of imide groups is 2. The number of anilines is 3. The predicted octanol–water partition coefficient (Wildman–Crippen LogP) is 3.69. The van der Waals surface area contributed by atoms with Crippen LogP contribution in [-0.4, -0.2) is 110 Å². The van der Waals surface area contributed by atoms with Gasteiger partial charge in [-0.3, -0.25) is 44.1 Å². The summed E-state index contributed by atoms with van der Waals surface area (Å²) in [5, 5.41) is 9.46. The Morgan fingerprint density at radius 2 is 1.86 bits per heavy atom. The first-order valence-electron chi connectivity index (χ1n) is 19.6. The number of hydrogen-bond donors (Lipinski definition) is 3. The van der Waals surface area contributed by atoms with Gasteiger partial charge < -0.3 is 20.7 Å². The molecule has 3 aliphatic heterocycles. The second-order valence-electron chi connectivity index (χ2n) is 15.3. The van der Waals surface area contributed by atoms with Gasteiger partial charge in [-0.1, -0.05) is 13.0 Å². The third-order valence-electron chi connectivity index (χ3n) is 11.4. The summed E-state index contributed by atoms with van der Waals surface area (Å²) in [4.78, 5) is 79.6. The van der Waals surface area contributed by atoms with Gasteiger partial charge in [-0.15, -0.1) is 0 Å². The molecule has 5 heterocycles. The fourth-order valence-corrected chi connectivity index (χ4v) is 8.51. The van der Waals surface area contributed by atoms with E-state index in [9.17, 15) is 24.0 Å². The molecule has 8 rings (SSSR count). The van der Waals surface area contributed by atoms with Gasteiger partial charge in [0.25, 0.3) is 17.7 Å². The van der Waals surface area contributed by atoms with E-state index in [1.807, 2.05) is 19.9 Å². The number of aromatic nitrogens is 3. The van der Waals surface area contributed by atoms with Gasteiger partial charge in [0.15, 0.2) is 5.65 Å². The lowest BCUT2D eigenvalue weighted by molar-refractivity contribution is -0.136. The molecule has 16 heteroatoms. The summed E-state index contributed by atoms with van der Waals surface area (Å²) in [6.07, 6.45) is 10.4. The van der Waals surface area contributed by atoms with Crippen LogP contribution in [0.1, 0.15) is 95.9 Å². The van der Waals surface area contributed by atoms with Crippen molar-refractivity contribution in [2.24, 2.45) is 4.99 Å². The summed E-state index contributed by atoms with van der Waals surface area (Å²) < 4.78 is 7.56. The average Bonchev–Trinajstić information content (AvgIpc) is 3.72. The standard InChI is InChI=1S/C41H46N10O6/c1-4-49(27-21-48(22-27)32-8-5-7-28-36(32)41(56)51(40(28)55)33-13-14-35(52)47-39(33)54)26-11-9-25(10-12-26)44-19-24-17-31(34(18-30(24)42)57-23(2)3)46-38(53)29-20-45-50-16-6-15-43-37(29)50/h5-8,15-20,23,25-27,33H,4,9-14,21-22,42H2,1-3H3,(H,46,53)(H,47,52,54). The molecule has 1 saturated carbocycles. The number of nitrogens with two attached hydrogens (primary N) is 1. The lowest BCUT2D eigenvalue weighted by Gasteiger charge is -2.50. The molecular weight excluding hydrogens is 729 g/mol. The molecule has 1 aliphatic carbocycles. The quantitative estimate of drug-likeness (QED) is 0.114. The van der Waals surface area contributed by atoms with Gasteiger partial charge in [-0.2, -0.15) is 5.10 Å². The number of benzene rings is 2. The van der Waals surface area contributed by atoms with E-state index in [1.54, 1.807) is 53.5 Å². The predicted molar refractivity (Wildman–Crippen MR) is 213 cm³/mol. The fraction of sp³-hybridized carbons (Fsp3) is 0.415. The molecule has 3 fully saturated rings. The van der Waals surface area contributed by atoms with E-state index in [4.69, 9.17) is 15.5 Å². The molecule has 16 nitrogen and oxygen atoms in total. The van der Waals surface area contributed by atoms with Crippen LogP contribution in [0.3, 0.4) is 0 Å². The van der Waals surface area contributed by atoms with Crippen molar-refractivity contribution in [3.63, 3.8) is 0 Å². The third-order valence-corrected chi connectivity index (χ3v) is 11.4. The molecule has 4 aromatic rings. The maximum atomic E-state index is 13.7. The molecule has 2 aromatic heterocycles. The van der Waals surface area contributed by atoms with Gasteiger partial charge in [0.1, 0.15) is 17.4 Å². The second-order valence-corrected chi connectivity index (χ2v) is 15.3. The maximum absolute atomic E-state index is 13.7. The largest absolute Gasteiger partial charge is 0.489 e. The van der Waals surface area contributed by atoms with Crippen LogP contribution in [0.25, 0.3) is 5.65 Å². The number of amides is 5. The first kappa shape index (κ1) is 37.7. The number of carbonyl (C=O) groups excluding carboxylic acids is 5. The number of hydrogen-bond acceptors (Lipinski definition) is 12. The van der Waals surface area contributed by atoms with Gasteiger partial charge in [-0.05, 0) is 76.8 Å². The van der Waals surface area contributed by atoms with Crippen molar-refractivity contribution in [3.8, 4) is 5.75 Å². The molecule has 2 aromatic carbocycles. The van der Waals surface area contributed by atoms with Crippen molar-refractivity contribution < 1.29 is 28.7 Å². The van der Waals surface area contributed by atoms with Gasteiger partial charge in [0.05, 0.1) is 40.8 Å². The van der Waals surface area contributed by atoms with Crippen molar-refractivity contribution in [1.29, 1.82) is 0 Å².